The molecule has 0 saturated carbocycles. The third-order valence-corrected chi connectivity index (χ3v) is 3.07. The number of carbonyl (C=O) groups is 1. The van der Waals surface area contributed by atoms with Gasteiger partial charge < -0.3 is 9.64 Å². The van der Waals surface area contributed by atoms with Gasteiger partial charge in [-0.2, -0.15) is 0 Å². The van der Waals surface area contributed by atoms with Gasteiger partial charge in [-0.3, -0.25) is 4.79 Å². The van der Waals surface area contributed by atoms with Crippen LogP contribution >= 0.6 is 0 Å². The molecule has 0 N–H and O–H groups in total. The van der Waals surface area contributed by atoms with E-state index in [9.17, 15) is 4.79 Å². The summed E-state index contributed by atoms with van der Waals surface area (Å²) in [6.45, 7) is 5.78. The van der Waals surface area contributed by atoms with Crippen molar-refractivity contribution in [2.45, 2.75) is 32.8 Å². The minimum absolute atomic E-state index is 0.104. The van der Waals surface area contributed by atoms with Crippen LogP contribution in [-0.4, -0.2) is 30.0 Å². The van der Waals surface area contributed by atoms with Crippen LogP contribution in [0.3, 0.4) is 0 Å². The number of hydrogen-bond donors (Lipinski definition) is 0. The van der Waals surface area contributed by atoms with E-state index in [-0.39, 0.29) is 12.0 Å². The summed E-state index contributed by atoms with van der Waals surface area (Å²) in [6, 6.07) is 7.80. The summed E-state index contributed by atoms with van der Waals surface area (Å²) >= 11 is 0. The molecule has 0 radical (unpaired) electrons. The van der Waals surface area contributed by atoms with Gasteiger partial charge in [0, 0.05) is 19.2 Å². The second-order valence-electron chi connectivity index (χ2n) is 5.10. The van der Waals surface area contributed by atoms with Gasteiger partial charge in [0.15, 0.2) is 0 Å². The monoisotopic (exact) mass is 259 g/mol. The van der Waals surface area contributed by atoms with Gasteiger partial charge in [-0.25, -0.2) is 0 Å². The van der Waals surface area contributed by atoms with Crippen molar-refractivity contribution in [1.29, 1.82) is 0 Å². The van der Waals surface area contributed by atoms with Crippen molar-refractivity contribution < 1.29 is 9.53 Å². The first-order chi connectivity index (χ1) is 9.15. The van der Waals surface area contributed by atoms with E-state index in [0.29, 0.717) is 0 Å². The Balaban J connectivity index is 1.99. The highest BCUT2D eigenvalue weighted by Crippen LogP contribution is 2.16. The first-order valence-electron chi connectivity index (χ1n) is 6.89. The van der Waals surface area contributed by atoms with E-state index in [1.165, 1.54) is 0 Å². The fourth-order valence-corrected chi connectivity index (χ4v) is 2.17. The Kier molecular flexibility index (Phi) is 4.61. The molecule has 0 bridgehead atoms. The molecule has 3 nitrogen and oxygen atoms in total. The van der Waals surface area contributed by atoms with Gasteiger partial charge in [0.2, 0.25) is 5.91 Å². The average Bonchev–Trinajstić information content (AvgIpc) is 2.89. The van der Waals surface area contributed by atoms with E-state index in [1.54, 1.807) is 6.08 Å². The molecule has 102 valence electrons. The second-order valence-corrected chi connectivity index (χ2v) is 5.10. The lowest BCUT2D eigenvalue weighted by Crippen LogP contribution is -2.25. The van der Waals surface area contributed by atoms with E-state index in [2.05, 4.69) is 0 Å². The van der Waals surface area contributed by atoms with Crippen molar-refractivity contribution in [2.75, 3.05) is 13.1 Å². The van der Waals surface area contributed by atoms with Crippen LogP contribution in [0.5, 0.6) is 5.75 Å². The smallest absolute Gasteiger partial charge is 0.246 e. The summed E-state index contributed by atoms with van der Waals surface area (Å²) in [6.07, 6.45) is 5.91. The molecule has 0 unspecified atom stereocenters. The Labute approximate surface area is 114 Å². The van der Waals surface area contributed by atoms with Crippen LogP contribution in [0.25, 0.3) is 6.08 Å². The molecule has 1 fully saturated rings. The van der Waals surface area contributed by atoms with Crippen molar-refractivity contribution >= 4 is 12.0 Å². The number of hydrogen-bond acceptors (Lipinski definition) is 2. The van der Waals surface area contributed by atoms with Gasteiger partial charge in [-0.1, -0.05) is 12.1 Å². The Bertz CT molecular complexity index is 460. The zero-order chi connectivity index (χ0) is 13.7. The lowest BCUT2D eigenvalue weighted by Gasteiger charge is -2.12. The summed E-state index contributed by atoms with van der Waals surface area (Å²) < 4.78 is 5.63. The SMILES string of the molecule is CC(C)Oc1cccc(/C=C/C(=O)N2CCCC2)c1. The highest BCUT2D eigenvalue weighted by Gasteiger charge is 2.14. The van der Waals surface area contributed by atoms with Gasteiger partial charge in [-0.05, 0) is 50.5 Å². The summed E-state index contributed by atoms with van der Waals surface area (Å²) in [7, 11) is 0. The van der Waals surface area contributed by atoms with Crippen LogP contribution in [0.1, 0.15) is 32.3 Å². The van der Waals surface area contributed by atoms with Crippen LogP contribution in [0.2, 0.25) is 0 Å². The van der Waals surface area contributed by atoms with Crippen LogP contribution in [0.4, 0.5) is 0 Å². The molecule has 3 heteroatoms. The minimum atomic E-state index is 0.104. The number of rotatable bonds is 4. The normalized spacial score (nSPS) is 15.4. The van der Waals surface area contributed by atoms with E-state index in [1.807, 2.05) is 49.1 Å². The molecule has 0 spiro atoms. The van der Waals surface area contributed by atoms with Crippen LogP contribution < -0.4 is 4.74 Å². The molecule has 1 aromatic rings. The first-order valence-corrected chi connectivity index (χ1v) is 6.89. The molecule has 19 heavy (non-hydrogen) atoms. The van der Waals surface area contributed by atoms with E-state index < -0.39 is 0 Å². The van der Waals surface area contributed by atoms with E-state index in [0.717, 1.165) is 37.2 Å². The predicted molar refractivity (Wildman–Crippen MR) is 77.1 cm³/mol. The maximum absolute atomic E-state index is 11.9. The number of ether oxygens (including phenoxy) is 1. The number of benzene rings is 1. The number of carbonyl (C=O) groups excluding carboxylic acids is 1. The number of likely N-dealkylation sites (tertiary alicyclic amines) is 1. The fourth-order valence-electron chi connectivity index (χ4n) is 2.17. The van der Waals surface area contributed by atoms with Crippen LogP contribution in [0.15, 0.2) is 30.3 Å². The van der Waals surface area contributed by atoms with Crippen molar-refractivity contribution in [3.05, 3.63) is 35.9 Å². The van der Waals surface area contributed by atoms with Gasteiger partial charge in [0.05, 0.1) is 6.10 Å². The maximum Gasteiger partial charge on any atom is 0.246 e. The minimum Gasteiger partial charge on any atom is -0.491 e. The second kappa shape index (κ2) is 6.41. The van der Waals surface area contributed by atoms with Crippen LogP contribution in [0, 0.1) is 0 Å². The summed E-state index contributed by atoms with van der Waals surface area (Å²) in [5.41, 5.74) is 0.991. The molecule has 0 aromatic heterocycles. The Hall–Kier alpha value is -1.77. The van der Waals surface area contributed by atoms with E-state index in [4.69, 9.17) is 4.74 Å². The van der Waals surface area contributed by atoms with Crippen molar-refractivity contribution in [2.24, 2.45) is 0 Å². The van der Waals surface area contributed by atoms with Crippen molar-refractivity contribution in [3.63, 3.8) is 0 Å². The Morgan fingerprint density at radius 3 is 2.74 bits per heavy atom. The lowest BCUT2D eigenvalue weighted by atomic mass is 10.2. The lowest BCUT2D eigenvalue weighted by molar-refractivity contribution is -0.124. The van der Waals surface area contributed by atoms with E-state index >= 15 is 0 Å². The first kappa shape index (κ1) is 13.7. The van der Waals surface area contributed by atoms with Crippen molar-refractivity contribution in [3.8, 4) is 5.75 Å². The standard InChI is InChI=1S/C16H21NO2/c1-13(2)19-15-7-5-6-14(12-15)8-9-16(18)17-10-3-4-11-17/h5-9,12-13H,3-4,10-11H2,1-2H3/b9-8+. The largest absolute Gasteiger partial charge is 0.491 e. The summed E-state index contributed by atoms with van der Waals surface area (Å²) in [5.74, 6) is 0.943. The van der Waals surface area contributed by atoms with Crippen LogP contribution in [-0.2, 0) is 4.79 Å². The molecule has 1 amide bonds. The molecular formula is C16H21NO2. The predicted octanol–water partition coefficient (Wildman–Crippen LogP) is 3.11. The quantitative estimate of drug-likeness (QED) is 0.778. The zero-order valence-corrected chi connectivity index (χ0v) is 11.6. The molecule has 1 aromatic carbocycles. The molecular weight excluding hydrogens is 238 g/mol. The zero-order valence-electron chi connectivity index (χ0n) is 11.6. The topological polar surface area (TPSA) is 29.5 Å². The molecule has 2 rings (SSSR count). The van der Waals surface area contributed by atoms with Gasteiger partial charge in [0.25, 0.3) is 0 Å². The Morgan fingerprint density at radius 1 is 1.32 bits per heavy atom. The van der Waals surface area contributed by atoms with Gasteiger partial charge in [-0.15, -0.1) is 0 Å². The fraction of sp³-hybridized carbons (Fsp3) is 0.438. The van der Waals surface area contributed by atoms with Gasteiger partial charge in [0.1, 0.15) is 5.75 Å². The third kappa shape index (κ3) is 4.12. The number of nitrogens with zero attached hydrogens (tertiary/aromatic N) is 1. The molecule has 0 aliphatic carbocycles. The summed E-state index contributed by atoms with van der Waals surface area (Å²) in [4.78, 5) is 13.8. The molecule has 1 saturated heterocycles. The molecule has 1 heterocycles. The van der Waals surface area contributed by atoms with Crippen molar-refractivity contribution in [1.82, 2.24) is 4.90 Å². The number of amides is 1. The third-order valence-electron chi connectivity index (χ3n) is 3.07. The Morgan fingerprint density at radius 2 is 2.05 bits per heavy atom. The summed E-state index contributed by atoms with van der Waals surface area (Å²) in [5, 5.41) is 0. The van der Waals surface area contributed by atoms with Gasteiger partial charge >= 0.3 is 0 Å². The molecule has 0 atom stereocenters. The maximum atomic E-state index is 11.9. The highest BCUT2D eigenvalue weighted by atomic mass is 16.5. The average molecular weight is 259 g/mol. The highest BCUT2D eigenvalue weighted by molar-refractivity contribution is 5.91. The molecule has 1 aliphatic rings. The molecule has 1 aliphatic heterocycles.